The van der Waals surface area contributed by atoms with E-state index in [1.54, 1.807) is 6.20 Å². The predicted octanol–water partition coefficient (Wildman–Crippen LogP) is 2.98. The average Bonchev–Trinajstić information content (AvgIpc) is 2.47. The molecule has 2 N–H and O–H groups in total. The number of rotatable bonds is 2. The normalized spacial score (nSPS) is 21.6. The van der Waals surface area contributed by atoms with Crippen LogP contribution in [-0.2, 0) is 4.79 Å². The molecule has 0 aliphatic carbocycles. The van der Waals surface area contributed by atoms with Gasteiger partial charge in [0.15, 0.2) is 0 Å². The number of anilines is 1. The highest BCUT2D eigenvalue weighted by molar-refractivity contribution is 5.96. The van der Waals surface area contributed by atoms with Crippen molar-refractivity contribution in [2.75, 3.05) is 11.9 Å². The van der Waals surface area contributed by atoms with Gasteiger partial charge in [0.2, 0.25) is 5.91 Å². The van der Waals surface area contributed by atoms with E-state index in [0.717, 1.165) is 36.0 Å². The summed E-state index contributed by atoms with van der Waals surface area (Å²) in [5.74, 6) is 0.635. The fraction of sp³-hybridized carbons (Fsp3) is 0.375. The van der Waals surface area contributed by atoms with Gasteiger partial charge in [0, 0.05) is 5.39 Å². The lowest BCUT2D eigenvalue weighted by Crippen LogP contribution is -2.45. The monoisotopic (exact) mass is 305 g/mol. The van der Waals surface area contributed by atoms with Crippen LogP contribution in [0.25, 0.3) is 10.9 Å². The average molecular weight is 306 g/mol. The molecule has 1 aromatic carbocycles. The second-order valence-electron chi connectivity index (χ2n) is 5.54. The lowest BCUT2D eigenvalue weighted by atomic mass is 9.94. The second kappa shape index (κ2) is 6.87. The van der Waals surface area contributed by atoms with Crippen LogP contribution in [0.5, 0.6) is 0 Å². The molecule has 2 unspecified atom stereocenters. The molecule has 0 spiro atoms. The summed E-state index contributed by atoms with van der Waals surface area (Å²) in [5, 5.41) is 7.27. The van der Waals surface area contributed by atoms with E-state index in [4.69, 9.17) is 0 Å². The second-order valence-corrected chi connectivity index (χ2v) is 5.54. The third-order valence-electron chi connectivity index (χ3n) is 3.84. The molecule has 5 heteroatoms. The van der Waals surface area contributed by atoms with Crippen molar-refractivity contribution in [2.24, 2.45) is 5.92 Å². The van der Waals surface area contributed by atoms with Crippen LogP contribution >= 0.6 is 12.4 Å². The topological polar surface area (TPSA) is 54.0 Å². The lowest BCUT2D eigenvalue weighted by molar-refractivity contribution is -0.119. The van der Waals surface area contributed by atoms with Crippen molar-refractivity contribution in [2.45, 2.75) is 25.8 Å². The summed E-state index contributed by atoms with van der Waals surface area (Å²) >= 11 is 0. The summed E-state index contributed by atoms with van der Waals surface area (Å²) in [4.78, 5) is 16.6. The van der Waals surface area contributed by atoms with E-state index in [9.17, 15) is 4.79 Å². The van der Waals surface area contributed by atoms with E-state index in [2.05, 4.69) is 22.5 Å². The number of fused-ring (bicyclic) bond motifs is 1. The molecule has 2 atom stereocenters. The van der Waals surface area contributed by atoms with E-state index in [0.29, 0.717) is 5.92 Å². The Balaban J connectivity index is 0.00000161. The zero-order valence-corrected chi connectivity index (χ0v) is 12.8. The number of halogens is 1. The van der Waals surface area contributed by atoms with Gasteiger partial charge in [-0.2, -0.15) is 0 Å². The summed E-state index contributed by atoms with van der Waals surface area (Å²) < 4.78 is 0. The number of hydrogen-bond donors (Lipinski definition) is 2. The Bertz CT molecular complexity index is 632. The number of benzene rings is 1. The predicted molar refractivity (Wildman–Crippen MR) is 87.8 cm³/mol. The molecule has 1 fully saturated rings. The molecule has 2 aromatic rings. The third-order valence-corrected chi connectivity index (χ3v) is 3.84. The van der Waals surface area contributed by atoms with Crippen LogP contribution in [0.2, 0.25) is 0 Å². The Morgan fingerprint density at radius 1 is 1.38 bits per heavy atom. The van der Waals surface area contributed by atoms with Gasteiger partial charge in [0.25, 0.3) is 0 Å². The first-order valence-electron chi connectivity index (χ1n) is 7.11. The van der Waals surface area contributed by atoms with Crippen molar-refractivity contribution in [1.82, 2.24) is 10.3 Å². The van der Waals surface area contributed by atoms with Gasteiger partial charge in [-0.3, -0.25) is 9.78 Å². The number of nitrogens with zero attached hydrogens (tertiary/aromatic N) is 1. The first kappa shape index (κ1) is 15.7. The lowest BCUT2D eigenvalue weighted by Gasteiger charge is -2.27. The van der Waals surface area contributed by atoms with E-state index < -0.39 is 0 Å². The largest absolute Gasteiger partial charge is 0.323 e. The van der Waals surface area contributed by atoms with Gasteiger partial charge in [0.05, 0.1) is 23.4 Å². The van der Waals surface area contributed by atoms with Gasteiger partial charge in [-0.05, 0) is 37.4 Å². The van der Waals surface area contributed by atoms with Crippen molar-refractivity contribution in [3.8, 4) is 0 Å². The summed E-state index contributed by atoms with van der Waals surface area (Å²) in [7, 11) is 0. The van der Waals surface area contributed by atoms with Gasteiger partial charge >= 0.3 is 0 Å². The minimum Gasteiger partial charge on any atom is -0.323 e. The van der Waals surface area contributed by atoms with E-state index in [-0.39, 0.29) is 24.4 Å². The Morgan fingerprint density at radius 3 is 3.00 bits per heavy atom. The highest BCUT2D eigenvalue weighted by Crippen LogP contribution is 2.19. The van der Waals surface area contributed by atoms with Crippen LogP contribution in [0.15, 0.2) is 36.5 Å². The first-order valence-corrected chi connectivity index (χ1v) is 7.11. The molecule has 21 heavy (non-hydrogen) atoms. The Hall–Kier alpha value is -1.65. The van der Waals surface area contributed by atoms with Gasteiger partial charge in [0.1, 0.15) is 0 Å². The van der Waals surface area contributed by atoms with Crippen LogP contribution in [0, 0.1) is 5.92 Å². The summed E-state index contributed by atoms with van der Waals surface area (Å²) in [6, 6.07) is 9.77. The molecule has 0 radical (unpaired) electrons. The van der Waals surface area contributed by atoms with Gasteiger partial charge in [-0.1, -0.05) is 25.1 Å². The number of piperidine rings is 1. The molecular formula is C16H20ClN3O. The van der Waals surface area contributed by atoms with Crippen molar-refractivity contribution in [3.05, 3.63) is 36.5 Å². The van der Waals surface area contributed by atoms with Gasteiger partial charge in [-0.25, -0.2) is 0 Å². The Kier molecular flexibility index (Phi) is 5.15. The number of hydrogen-bond acceptors (Lipinski definition) is 3. The minimum absolute atomic E-state index is 0. The Labute approximate surface area is 130 Å². The highest BCUT2D eigenvalue weighted by atomic mass is 35.5. The van der Waals surface area contributed by atoms with Crippen LogP contribution in [0.1, 0.15) is 19.8 Å². The van der Waals surface area contributed by atoms with Gasteiger partial charge in [-0.15, -0.1) is 12.4 Å². The molecule has 3 rings (SSSR count). The van der Waals surface area contributed by atoms with Crippen molar-refractivity contribution in [1.29, 1.82) is 0 Å². The smallest absolute Gasteiger partial charge is 0.241 e. The fourth-order valence-electron chi connectivity index (χ4n) is 2.68. The van der Waals surface area contributed by atoms with Crippen LogP contribution in [0.3, 0.4) is 0 Å². The van der Waals surface area contributed by atoms with Crippen LogP contribution in [-0.4, -0.2) is 23.5 Å². The van der Waals surface area contributed by atoms with Crippen LogP contribution in [0.4, 0.5) is 5.69 Å². The number of amides is 1. The van der Waals surface area contributed by atoms with Gasteiger partial charge < -0.3 is 10.6 Å². The first-order chi connectivity index (χ1) is 9.72. The molecule has 1 aromatic heterocycles. The van der Waals surface area contributed by atoms with Crippen molar-refractivity contribution < 1.29 is 4.79 Å². The molecular weight excluding hydrogens is 286 g/mol. The summed E-state index contributed by atoms with van der Waals surface area (Å²) in [6.45, 7) is 3.11. The maximum Gasteiger partial charge on any atom is 0.241 e. The molecule has 1 aliphatic heterocycles. The molecule has 1 aliphatic rings. The summed E-state index contributed by atoms with van der Waals surface area (Å²) in [5.41, 5.74) is 1.70. The molecule has 2 heterocycles. The maximum absolute atomic E-state index is 12.2. The standard InChI is InChI=1S/C16H19N3O.ClH/c1-11-6-7-17-15(8-11)16(20)19-13-9-12-4-2-3-5-14(12)18-10-13;/h2-5,9-11,15,17H,6-8H2,1H3,(H,19,20);1H. The molecule has 112 valence electrons. The van der Waals surface area contributed by atoms with E-state index in [1.165, 1.54) is 0 Å². The number of carbonyl (C=O) groups excluding carboxylic acids is 1. The van der Waals surface area contributed by atoms with E-state index in [1.807, 2.05) is 30.3 Å². The fourth-order valence-corrected chi connectivity index (χ4v) is 2.68. The highest BCUT2D eigenvalue weighted by Gasteiger charge is 2.24. The molecule has 1 amide bonds. The molecule has 0 saturated carbocycles. The summed E-state index contributed by atoms with van der Waals surface area (Å²) in [6.07, 6.45) is 3.75. The number of para-hydroxylation sites is 1. The SMILES string of the molecule is CC1CCNC(C(=O)Nc2cnc3ccccc3c2)C1.Cl. The van der Waals surface area contributed by atoms with E-state index >= 15 is 0 Å². The number of carbonyl (C=O) groups is 1. The van der Waals surface area contributed by atoms with Crippen LogP contribution < -0.4 is 10.6 Å². The number of nitrogens with one attached hydrogen (secondary N) is 2. The molecule has 0 bridgehead atoms. The third kappa shape index (κ3) is 3.71. The zero-order valence-electron chi connectivity index (χ0n) is 12.0. The van der Waals surface area contributed by atoms with Crippen molar-refractivity contribution in [3.63, 3.8) is 0 Å². The van der Waals surface area contributed by atoms with Crippen molar-refractivity contribution >= 4 is 34.9 Å². The number of pyridine rings is 1. The minimum atomic E-state index is -0.0924. The zero-order chi connectivity index (χ0) is 13.9. The maximum atomic E-state index is 12.2. The Morgan fingerprint density at radius 2 is 2.19 bits per heavy atom. The number of aromatic nitrogens is 1. The quantitative estimate of drug-likeness (QED) is 0.897. The molecule has 4 nitrogen and oxygen atoms in total. The molecule has 1 saturated heterocycles.